The van der Waals surface area contributed by atoms with Crippen molar-refractivity contribution in [3.05, 3.63) is 0 Å². The third kappa shape index (κ3) is 3.72. The van der Waals surface area contributed by atoms with E-state index < -0.39 is 0 Å². The lowest BCUT2D eigenvalue weighted by atomic mass is 10.1. The standard InChI is InChI=1S/C9H18O3/c1-4-7(3)12-9(11)8(5-2)6-10/h7-8,10H,4-6H2,1-3H3. The third-order valence-electron chi connectivity index (χ3n) is 1.94. The molecule has 0 amide bonds. The first kappa shape index (κ1) is 11.4. The molecule has 0 radical (unpaired) electrons. The Hall–Kier alpha value is -0.570. The largest absolute Gasteiger partial charge is 0.462 e. The lowest BCUT2D eigenvalue weighted by Crippen LogP contribution is -2.24. The molecule has 0 rings (SSSR count). The number of ether oxygens (including phenoxy) is 1. The average Bonchev–Trinajstić information content (AvgIpc) is 2.06. The van der Waals surface area contributed by atoms with Crippen LogP contribution in [0.25, 0.3) is 0 Å². The van der Waals surface area contributed by atoms with Crippen LogP contribution >= 0.6 is 0 Å². The van der Waals surface area contributed by atoms with Crippen LogP contribution in [0.2, 0.25) is 0 Å². The second-order valence-electron chi connectivity index (χ2n) is 2.94. The second-order valence-corrected chi connectivity index (χ2v) is 2.94. The van der Waals surface area contributed by atoms with Gasteiger partial charge in [-0.1, -0.05) is 13.8 Å². The van der Waals surface area contributed by atoms with Gasteiger partial charge in [0.1, 0.15) is 0 Å². The molecular weight excluding hydrogens is 156 g/mol. The van der Waals surface area contributed by atoms with Crippen LogP contribution in [0.4, 0.5) is 0 Å². The van der Waals surface area contributed by atoms with Crippen molar-refractivity contribution < 1.29 is 14.6 Å². The predicted octanol–water partition coefficient (Wildman–Crippen LogP) is 1.35. The monoisotopic (exact) mass is 174 g/mol. The number of aliphatic hydroxyl groups excluding tert-OH is 1. The molecule has 0 aromatic carbocycles. The molecule has 0 aromatic rings. The summed E-state index contributed by atoms with van der Waals surface area (Å²) >= 11 is 0. The fourth-order valence-corrected chi connectivity index (χ4v) is 0.748. The topological polar surface area (TPSA) is 46.5 Å². The highest BCUT2D eigenvalue weighted by molar-refractivity contribution is 5.72. The summed E-state index contributed by atoms with van der Waals surface area (Å²) in [4.78, 5) is 11.2. The number of hydrogen-bond donors (Lipinski definition) is 1. The molecule has 0 aliphatic heterocycles. The molecule has 0 bridgehead atoms. The number of rotatable bonds is 5. The lowest BCUT2D eigenvalue weighted by Gasteiger charge is -2.15. The van der Waals surface area contributed by atoms with Gasteiger partial charge in [0.25, 0.3) is 0 Å². The second kappa shape index (κ2) is 6.00. The van der Waals surface area contributed by atoms with Crippen molar-refractivity contribution >= 4 is 5.97 Å². The molecule has 0 saturated carbocycles. The maximum atomic E-state index is 11.2. The zero-order valence-corrected chi connectivity index (χ0v) is 8.04. The van der Waals surface area contributed by atoms with Crippen molar-refractivity contribution in [2.24, 2.45) is 5.92 Å². The summed E-state index contributed by atoms with van der Waals surface area (Å²) in [5.41, 5.74) is 0. The fourth-order valence-electron chi connectivity index (χ4n) is 0.748. The van der Waals surface area contributed by atoms with Gasteiger partial charge >= 0.3 is 5.97 Å². The summed E-state index contributed by atoms with van der Waals surface area (Å²) in [6.45, 7) is 5.55. The Labute approximate surface area is 73.7 Å². The Balaban J connectivity index is 3.84. The maximum absolute atomic E-state index is 11.2. The zero-order chi connectivity index (χ0) is 9.56. The number of carbonyl (C=O) groups is 1. The van der Waals surface area contributed by atoms with E-state index in [4.69, 9.17) is 9.84 Å². The summed E-state index contributed by atoms with van der Waals surface area (Å²) in [6.07, 6.45) is 1.40. The molecule has 0 aliphatic rings. The van der Waals surface area contributed by atoms with Crippen LogP contribution in [-0.2, 0) is 9.53 Å². The molecule has 12 heavy (non-hydrogen) atoms. The molecule has 0 saturated heterocycles. The first-order valence-electron chi connectivity index (χ1n) is 4.47. The minimum atomic E-state index is -0.348. The van der Waals surface area contributed by atoms with Crippen molar-refractivity contribution in [1.82, 2.24) is 0 Å². The molecule has 2 atom stereocenters. The normalized spacial score (nSPS) is 15.3. The summed E-state index contributed by atoms with van der Waals surface area (Å²) < 4.78 is 5.04. The van der Waals surface area contributed by atoms with E-state index in [9.17, 15) is 4.79 Å². The number of carbonyl (C=O) groups excluding carboxylic acids is 1. The Morgan fingerprint density at radius 3 is 2.33 bits per heavy atom. The summed E-state index contributed by atoms with van der Waals surface area (Å²) in [7, 11) is 0. The van der Waals surface area contributed by atoms with Crippen LogP contribution in [0.3, 0.4) is 0 Å². The van der Waals surface area contributed by atoms with Crippen molar-refractivity contribution in [3.8, 4) is 0 Å². The van der Waals surface area contributed by atoms with E-state index in [1.165, 1.54) is 0 Å². The minimum Gasteiger partial charge on any atom is -0.462 e. The van der Waals surface area contributed by atoms with Crippen molar-refractivity contribution in [2.75, 3.05) is 6.61 Å². The van der Waals surface area contributed by atoms with Gasteiger partial charge in [0.05, 0.1) is 18.6 Å². The van der Waals surface area contributed by atoms with Gasteiger partial charge in [-0.25, -0.2) is 0 Å². The third-order valence-corrected chi connectivity index (χ3v) is 1.94. The molecule has 2 unspecified atom stereocenters. The van der Waals surface area contributed by atoms with Crippen LogP contribution in [0.15, 0.2) is 0 Å². The smallest absolute Gasteiger partial charge is 0.311 e. The molecule has 72 valence electrons. The van der Waals surface area contributed by atoms with Gasteiger partial charge in [-0.05, 0) is 19.8 Å². The average molecular weight is 174 g/mol. The van der Waals surface area contributed by atoms with Crippen LogP contribution in [-0.4, -0.2) is 23.8 Å². The molecule has 0 aliphatic carbocycles. The van der Waals surface area contributed by atoms with Gasteiger partial charge < -0.3 is 9.84 Å². The molecule has 0 fully saturated rings. The lowest BCUT2D eigenvalue weighted by molar-refractivity contribution is -0.154. The van der Waals surface area contributed by atoms with E-state index in [0.717, 1.165) is 6.42 Å². The van der Waals surface area contributed by atoms with E-state index >= 15 is 0 Å². The molecule has 0 aromatic heterocycles. The highest BCUT2D eigenvalue weighted by atomic mass is 16.5. The predicted molar refractivity (Wildman–Crippen MR) is 46.7 cm³/mol. The summed E-state index contributed by atoms with van der Waals surface area (Å²) in [6, 6.07) is 0. The molecule has 1 N–H and O–H groups in total. The Bertz CT molecular complexity index is 130. The van der Waals surface area contributed by atoms with E-state index in [0.29, 0.717) is 6.42 Å². The Morgan fingerprint density at radius 1 is 1.42 bits per heavy atom. The van der Waals surface area contributed by atoms with E-state index in [1.54, 1.807) is 0 Å². The quantitative estimate of drug-likeness (QED) is 0.640. The van der Waals surface area contributed by atoms with Gasteiger partial charge in [0.2, 0.25) is 0 Å². The van der Waals surface area contributed by atoms with Gasteiger partial charge in [0.15, 0.2) is 0 Å². The van der Waals surface area contributed by atoms with Crippen molar-refractivity contribution in [3.63, 3.8) is 0 Å². The molecule has 0 heterocycles. The highest BCUT2D eigenvalue weighted by Gasteiger charge is 2.18. The van der Waals surface area contributed by atoms with Gasteiger partial charge in [0, 0.05) is 0 Å². The van der Waals surface area contributed by atoms with Crippen LogP contribution in [0.5, 0.6) is 0 Å². The minimum absolute atomic E-state index is 0.0434. The molecule has 3 nitrogen and oxygen atoms in total. The maximum Gasteiger partial charge on any atom is 0.311 e. The van der Waals surface area contributed by atoms with Gasteiger partial charge in [-0.3, -0.25) is 4.79 Å². The first-order valence-corrected chi connectivity index (χ1v) is 4.47. The summed E-state index contributed by atoms with van der Waals surface area (Å²) in [5.74, 6) is -0.631. The van der Waals surface area contributed by atoms with E-state index in [1.807, 2.05) is 20.8 Å². The Morgan fingerprint density at radius 2 is 2.00 bits per heavy atom. The fraction of sp³-hybridized carbons (Fsp3) is 0.889. The number of esters is 1. The van der Waals surface area contributed by atoms with Gasteiger partial charge in [-0.2, -0.15) is 0 Å². The SMILES string of the molecule is CCC(C)OC(=O)C(CC)CO. The van der Waals surface area contributed by atoms with Crippen LogP contribution < -0.4 is 0 Å². The Kier molecular flexibility index (Phi) is 5.72. The highest BCUT2D eigenvalue weighted by Crippen LogP contribution is 2.07. The van der Waals surface area contributed by atoms with Crippen molar-refractivity contribution in [1.29, 1.82) is 0 Å². The van der Waals surface area contributed by atoms with Crippen LogP contribution in [0.1, 0.15) is 33.6 Å². The van der Waals surface area contributed by atoms with E-state index in [2.05, 4.69) is 0 Å². The number of hydrogen-bond acceptors (Lipinski definition) is 3. The first-order chi connectivity index (χ1) is 5.65. The molecule has 3 heteroatoms. The van der Waals surface area contributed by atoms with Crippen LogP contribution in [0, 0.1) is 5.92 Å². The van der Waals surface area contributed by atoms with Gasteiger partial charge in [-0.15, -0.1) is 0 Å². The van der Waals surface area contributed by atoms with Crippen molar-refractivity contribution in [2.45, 2.75) is 39.7 Å². The molecule has 0 spiro atoms. The number of aliphatic hydroxyl groups is 1. The van der Waals surface area contributed by atoms with E-state index in [-0.39, 0.29) is 24.6 Å². The summed E-state index contributed by atoms with van der Waals surface area (Å²) in [5, 5.41) is 8.78. The zero-order valence-electron chi connectivity index (χ0n) is 8.04. The molecular formula is C9H18O3.